The predicted molar refractivity (Wildman–Crippen MR) is 59.9 cm³/mol. The number of carbonyl (C=O) groups is 1. The first-order valence-corrected chi connectivity index (χ1v) is 5.84. The summed E-state index contributed by atoms with van der Waals surface area (Å²) in [7, 11) is 0. The number of aryl methyl sites for hydroxylation is 1. The predicted octanol–water partition coefficient (Wildman–Crippen LogP) is 2.87. The van der Waals surface area contributed by atoms with Crippen LogP contribution in [0.15, 0.2) is 10.7 Å². The van der Waals surface area contributed by atoms with Gasteiger partial charge in [0, 0.05) is 18.8 Å². The molecule has 5 heteroatoms. The van der Waals surface area contributed by atoms with Gasteiger partial charge >= 0.3 is 0 Å². The van der Waals surface area contributed by atoms with Crippen molar-refractivity contribution in [2.45, 2.75) is 26.3 Å². The molecule has 3 nitrogen and oxygen atoms in total. The number of ketones is 1. The van der Waals surface area contributed by atoms with E-state index in [0.29, 0.717) is 31.0 Å². The lowest BCUT2D eigenvalue weighted by Gasteiger charge is -2.03. The monoisotopic (exact) mass is 278 g/mol. The minimum Gasteiger partial charge on any atom is -0.292 e. The van der Waals surface area contributed by atoms with Gasteiger partial charge in [-0.15, -0.1) is 11.6 Å². The number of rotatable bonds is 5. The molecule has 0 aliphatic carbocycles. The van der Waals surface area contributed by atoms with Crippen molar-refractivity contribution in [2.24, 2.45) is 0 Å². The van der Waals surface area contributed by atoms with Crippen LogP contribution in [0.5, 0.6) is 0 Å². The summed E-state index contributed by atoms with van der Waals surface area (Å²) in [5, 5.41) is 4.08. The summed E-state index contributed by atoms with van der Waals surface area (Å²) >= 11 is 8.85. The van der Waals surface area contributed by atoms with Crippen molar-refractivity contribution in [3.05, 3.63) is 16.4 Å². The van der Waals surface area contributed by atoms with Crippen molar-refractivity contribution < 1.29 is 4.79 Å². The fourth-order valence-electron chi connectivity index (χ4n) is 1.23. The molecule has 1 rings (SSSR count). The van der Waals surface area contributed by atoms with Gasteiger partial charge in [0.2, 0.25) is 0 Å². The third kappa shape index (κ3) is 2.58. The maximum Gasteiger partial charge on any atom is 0.182 e. The Bertz CT molecular complexity index is 325. The molecule has 0 bridgehead atoms. The van der Waals surface area contributed by atoms with Crippen LogP contribution in [0.4, 0.5) is 0 Å². The van der Waals surface area contributed by atoms with Gasteiger partial charge in [-0.1, -0.05) is 0 Å². The van der Waals surface area contributed by atoms with Gasteiger partial charge in [0.15, 0.2) is 5.78 Å². The lowest BCUT2D eigenvalue weighted by atomic mass is 10.2. The molecule has 14 heavy (non-hydrogen) atoms. The highest BCUT2D eigenvalue weighted by Gasteiger charge is 2.15. The van der Waals surface area contributed by atoms with E-state index in [-0.39, 0.29) is 5.78 Å². The average molecular weight is 280 g/mol. The molecule has 0 aliphatic heterocycles. The molecule has 0 N–H and O–H groups in total. The standard InChI is InChI=1S/C9H12BrClN2O/c1-2-13-9(7(10)6-12-13)8(14)4-3-5-11/h6H,2-5H2,1H3. The Hall–Kier alpha value is -0.350. The van der Waals surface area contributed by atoms with Gasteiger partial charge in [0.25, 0.3) is 0 Å². The van der Waals surface area contributed by atoms with Crippen LogP contribution in [0, 0.1) is 0 Å². The van der Waals surface area contributed by atoms with Crippen LogP contribution in [0.25, 0.3) is 0 Å². The lowest BCUT2D eigenvalue weighted by molar-refractivity contribution is 0.0971. The number of carbonyl (C=O) groups excluding carboxylic acids is 1. The van der Waals surface area contributed by atoms with E-state index < -0.39 is 0 Å². The zero-order valence-electron chi connectivity index (χ0n) is 7.96. The van der Waals surface area contributed by atoms with Crippen LogP contribution in [0.3, 0.4) is 0 Å². The molecule has 1 aromatic heterocycles. The molecular weight excluding hydrogens is 267 g/mol. The second kappa shape index (κ2) is 5.51. The topological polar surface area (TPSA) is 34.9 Å². The lowest BCUT2D eigenvalue weighted by Crippen LogP contribution is -2.10. The molecule has 0 fully saturated rings. The van der Waals surface area contributed by atoms with Gasteiger partial charge in [0.05, 0.1) is 10.7 Å². The summed E-state index contributed by atoms with van der Waals surface area (Å²) in [6, 6.07) is 0. The molecule has 1 heterocycles. The number of aromatic nitrogens is 2. The van der Waals surface area contributed by atoms with Crippen molar-refractivity contribution in [1.82, 2.24) is 9.78 Å². The van der Waals surface area contributed by atoms with Crippen molar-refractivity contribution in [1.29, 1.82) is 0 Å². The average Bonchev–Trinajstić information content (AvgIpc) is 2.56. The molecule has 0 unspecified atom stereocenters. The second-order valence-corrected chi connectivity index (χ2v) is 4.10. The SMILES string of the molecule is CCn1ncc(Br)c1C(=O)CCCCl. The zero-order chi connectivity index (χ0) is 10.6. The molecule has 0 saturated heterocycles. The van der Waals surface area contributed by atoms with Crippen LogP contribution in [-0.2, 0) is 6.54 Å². The number of hydrogen-bond acceptors (Lipinski definition) is 2. The molecule has 0 amide bonds. The van der Waals surface area contributed by atoms with Crippen LogP contribution in [0.2, 0.25) is 0 Å². The first kappa shape index (κ1) is 11.7. The molecular formula is C9H12BrClN2O. The van der Waals surface area contributed by atoms with E-state index in [9.17, 15) is 4.79 Å². The van der Waals surface area contributed by atoms with Crippen molar-refractivity contribution in [3.63, 3.8) is 0 Å². The summed E-state index contributed by atoms with van der Waals surface area (Å²) < 4.78 is 2.46. The second-order valence-electron chi connectivity index (χ2n) is 2.87. The first-order valence-electron chi connectivity index (χ1n) is 4.51. The Morgan fingerprint density at radius 1 is 1.71 bits per heavy atom. The van der Waals surface area contributed by atoms with E-state index in [4.69, 9.17) is 11.6 Å². The third-order valence-electron chi connectivity index (χ3n) is 1.90. The number of alkyl halides is 1. The fraction of sp³-hybridized carbons (Fsp3) is 0.556. The van der Waals surface area contributed by atoms with E-state index in [1.807, 2.05) is 6.92 Å². The molecule has 0 saturated carbocycles. The zero-order valence-corrected chi connectivity index (χ0v) is 10.3. The highest BCUT2D eigenvalue weighted by Crippen LogP contribution is 2.18. The summed E-state index contributed by atoms with van der Waals surface area (Å²) in [5.41, 5.74) is 0.651. The Kier molecular flexibility index (Phi) is 4.62. The Balaban J connectivity index is 2.82. The van der Waals surface area contributed by atoms with Crippen LogP contribution in [0.1, 0.15) is 30.3 Å². The van der Waals surface area contributed by atoms with Gasteiger partial charge < -0.3 is 0 Å². The van der Waals surface area contributed by atoms with Gasteiger partial charge in [-0.25, -0.2) is 0 Å². The molecule has 1 aromatic rings. The van der Waals surface area contributed by atoms with Crippen molar-refractivity contribution in [3.8, 4) is 0 Å². The third-order valence-corrected chi connectivity index (χ3v) is 2.74. The molecule has 0 aliphatic rings. The number of Topliss-reactive ketones (excluding diaryl/α,β-unsaturated/α-hetero) is 1. The Labute approximate surface area is 96.6 Å². The maximum absolute atomic E-state index is 11.7. The fourth-order valence-corrected chi connectivity index (χ4v) is 1.88. The van der Waals surface area contributed by atoms with E-state index in [0.717, 1.165) is 4.47 Å². The Morgan fingerprint density at radius 3 is 3.00 bits per heavy atom. The Morgan fingerprint density at radius 2 is 2.43 bits per heavy atom. The highest BCUT2D eigenvalue weighted by atomic mass is 79.9. The van der Waals surface area contributed by atoms with E-state index in [1.165, 1.54) is 0 Å². The summed E-state index contributed by atoms with van der Waals surface area (Å²) in [6.45, 7) is 2.66. The molecule has 0 atom stereocenters. The number of nitrogens with zero attached hydrogens (tertiary/aromatic N) is 2. The largest absolute Gasteiger partial charge is 0.292 e. The minimum absolute atomic E-state index is 0.0943. The maximum atomic E-state index is 11.7. The van der Waals surface area contributed by atoms with Crippen molar-refractivity contribution in [2.75, 3.05) is 5.88 Å². The van der Waals surface area contributed by atoms with E-state index >= 15 is 0 Å². The van der Waals surface area contributed by atoms with E-state index in [1.54, 1.807) is 10.9 Å². The van der Waals surface area contributed by atoms with Crippen LogP contribution in [-0.4, -0.2) is 21.4 Å². The molecule has 78 valence electrons. The van der Waals surface area contributed by atoms with E-state index in [2.05, 4.69) is 21.0 Å². The quantitative estimate of drug-likeness (QED) is 0.613. The molecule has 0 aromatic carbocycles. The van der Waals surface area contributed by atoms with Crippen LogP contribution < -0.4 is 0 Å². The summed E-state index contributed by atoms with van der Waals surface area (Å²) in [4.78, 5) is 11.7. The first-order chi connectivity index (χ1) is 6.70. The summed E-state index contributed by atoms with van der Waals surface area (Å²) in [5.74, 6) is 0.612. The van der Waals surface area contributed by atoms with Crippen molar-refractivity contribution >= 4 is 33.3 Å². The minimum atomic E-state index is 0.0943. The molecule has 0 radical (unpaired) electrons. The number of halogens is 2. The van der Waals surface area contributed by atoms with Crippen LogP contribution >= 0.6 is 27.5 Å². The highest BCUT2D eigenvalue weighted by molar-refractivity contribution is 9.10. The summed E-state index contributed by atoms with van der Waals surface area (Å²) in [6.07, 6.45) is 2.84. The smallest absolute Gasteiger partial charge is 0.182 e. The van der Waals surface area contributed by atoms with Gasteiger partial charge in [0.1, 0.15) is 5.69 Å². The number of hydrogen-bond donors (Lipinski definition) is 0. The normalized spacial score (nSPS) is 10.5. The van der Waals surface area contributed by atoms with Gasteiger partial charge in [-0.05, 0) is 29.3 Å². The van der Waals surface area contributed by atoms with Gasteiger partial charge in [-0.3, -0.25) is 9.48 Å². The molecule has 0 spiro atoms. The van der Waals surface area contributed by atoms with Gasteiger partial charge in [-0.2, -0.15) is 5.10 Å².